The van der Waals surface area contributed by atoms with Crippen LogP contribution in [0, 0.1) is 22.2 Å². The van der Waals surface area contributed by atoms with Gasteiger partial charge in [-0.15, -0.1) is 0 Å². The number of carbonyl (C=O) groups excluding carboxylic acids is 3. The molecular weight excluding hydrogens is 674 g/mol. The number of nitrogens with one attached hydrogen (secondary N) is 2. The second kappa shape index (κ2) is 16.2. The Balaban J connectivity index is 0.998. The van der Waals surface area contributed by atoms with Crippen LogP contribution < -0.4 is 20.3 Å². The van der Waals surface area contributed by atoms with Crippen LogP contribution >= 0.6 is 11.6 Å². The van der Waals surface area contributed by atoms with E-state index in [-0.39, 0.29) is 41.9 Å². The molecule has 2 aliphatic heterocycles. The van der Waals surface area contributed by atoms with E-state index in [0.29, 0.717) is 61.0 Å². The molecule has 51 heavy (non-hydrogen) atoms. The first-order valence-electron chi connectivity index (χ1n) is 17.6. The zero-order valence-electron chi connectivity index (χ0n) is 30.2. The van der Waals surface area contributed by atoms with Crippen LogP contribution in [-0.2, 0) is 14.3 Å². The summed E-state index contributed by atoms with van der Waals surface area (Å²) in [5, 5.41) is 25.3. The van der Waals surface area contributed by atoms with E-state index in [0.717, 1.165) is 32.0 Å². The third kappa shape index (κ3) is 9.48. The maximum Gasteiger partial charge on any atom is 0.253 e. The molecule has 14 heteroatoms. The number of anilines is 1. The number of amides is 3. The average Bonchev–Trinajstić information content (AvgIpc) is 3.54. The molecule has 3 fully saturated rings. The fourth-order valence-electron chi connectivity index (χ4n) is 6.64. The standard InChI is InChI=1S/C37H50ClN7O6/c1-36(2,3)33(35(49)45-11-10-26(46)22-45)42-32(47)23-50-17-16-43-12-14-44(15-13-43)31-9-7-25(21-40-31)34(48)41-29-19-30(37(29,4)5)51-27-8-6-24(20-39)28(38)18-27/h6-9,18,21,26,29-30,33,46H,10-17,19,22-23H2,1-5H3,(H,41,48)(H,42,47)/t26-,29+,30?,33-/m1/s1. The summed E-state index contributed by atoms with van der Waals surface area (Å²) in [5.41, 5.74) is 0.0916. The molecule has 3 aliphatic rings. The number of hydrogen-bond donors (Lipinski definition) is 3. The van der Waals surface area contributed by atoms with E-state index in [9.17, 15) is 19.5 Å². The number of aliphatic hydroxyl groups excluding tert-OH is 1. The zero-order valence-corrected chi connectivity index (χ0v) is 30.9. The van der Waals surface area contributed by atoms with Gasteiger partial charge in [0.15, 0.2) is 0 Å². The molecule has 2 saturated heterocycles. The Labute approximate surface area is 305 Å². The Morgan fingerprint density at radius 3 is 2.47 bits per heavy atom. The van der Waals surface area contributed by atoms with Gasteiger partial charge in [-0.25, -0.2) is 4.98 Å². The third-order valence-corrected chi connectivity index (χ3v) is 10.5. The number of β-amino-alcohol motifs (C(OH)–C–C–N with tert-alkyl or cyclic N) is 1. The molecule has 13 nitrogen and oxygen atoms in total. The van der Waals surface area contributed by atoms with Crippen molar-refractivity contribution in [2.24, 2.45) is 10.8 Å². The van der Waals surface area contributed by atoms with Gasteiger partial charge in [0.2, 0.25) is 11.8 Å². The minimum atomic E-state index is -0.699. The van der Waals surface area contributed by atoms with Crippen molar-refractivity contribution in [2.75, 3.05) is 63.9 Å². The smallest absolute Gasteiger partial charge is 0.253 e. The molecule has 3 N–H and O–H groups in total. The number of aromatic nitrogens is 1. The van der Waals surface area contributed by atoms with E-state index in [2.05, 4.69) is 39.3 Å². The van der Waals surface area contributed by atoms with Gasteiger partial charge in [0.25, 0.3) is 5.91 Å². The summed E-state index contributed by atoms with van der Waals surface area (Å²) in [6, 6.07) is 9.96. The Morgan fingerprint density at radius 1 is 1.14 bits per heavy atom. The summed E-state index contributed by atoms with van der Waals surface area (Å²) in [6.07, 6.45) is 2.18. The lowest BCUT2D eigenvalue weighted by Crippen LogP contribution is -2.63. The van der Waals surface area contributed by atoms with E-state index < -0.39 is 17.6 Å². The van der Waals surface area contributed by atoms with Crippen molar-refractivity contribution in [1.82, 2.24) is 25.4 Å². The zero-order chi connectivity index (χ0) is 36.9. The normalized spacial score (nSPS) is 22.4. The number of rotatable bonds is 12. The molecule has 276 valence electrons. The summed E-state index contributed by atoms with van der Waals surface area (Å²) in [6.45, 7) is 14.7. The molecule has 2 aromatic rings. The number of pyridine rings is 1. The lowest BCUT2D eigenvalue weighted by atomic mass is 9.64. The molecule has 3 amide bonds. The highest BCUT2D eigenvalue weighted by Crippen LogP contribution is 2.43. The lowest BCUT2D eigenvalue weighted by molar-refractivity contribution is -0.140. The second-order valence-corrected chi connectivity index (χ2v) is 15.7. The van der Waals surface area contributed by atoms with Crippen molar-refractivity contribution < 1.29 is 29.0 Å². The molecule has 1 unspecified atom stereocenters. The van der Waals surface area contributed by atoms with Crippen LogP contribution in [0.25, 0.3) is 0 Å². The molecule has 1 saturated carbocycles. The van der Waals surface area contributed by atoms with Gasteiger partial charge in [-0.2, -0.15) is 5.26 Å². The van der Waals surface area contributed by atoms with Gasteiger partial charge < -0.3 is 35.0 Å². The minimum Gasteiger partial charge on any atom is -0.490 e. The summed E-state index contributed by atoms with van der Waals surface area (Å²) < 4.78 is 11.8. The predicted octanol–water partition coefficient (Wildman–Crippen LogP) is 2.85. The van der Waals surface area contributed by atoms with Gasteiger partial charge in [0.05, 0.1) is 28.9 Å². The van der Waals surface area contributed by atoms with E-state index in [1.807, 2.05) is 32.9 Å². The number of carbonyl (C=O) groups is 3. The Kier molecular flexibility index (Phi) is 12.1. The van der Waals surface area contributed by atoms with Gasteiger partial charge in [-0.3, -0.25) is 19.3 Å². The van der Waals surface area contributed by atoms with E-state index in [4.69, 9.17) is 26.3 Å². The Hall–Kier alpha value is -3.96. The lowest BCUT2D eigenvalue weighted by Gasteiger charge is -2.51. The van der Waals surface area contributed by atoms with Crippen LogP contribution in [0.1, 0.15) is 63.4 Å². The van der Waals surface area contributed by atoms with E-state index in [1.54, 1.807) is 35.4 Å². The van der Waals surface area contributed by atoms with Gasteiger partial charge in [-0.1, -0.05) is 46.2 Å². The van der Waals surface area contributed by atoms with Crippen molar-refractivity contribution in [3.05, 3.63) is 52.7 Å². The fourth-order valence-corrected chi connectivity index (χ4v) is 6.85. The minimum absolute atomic E-state index is 0.0739. The van der Waals surface area contributed by atoms with Gasteiger partial charge in [-0.05, 0) is 36.1 Å². The number of halogens is 1. The second-order valence-electron chi connectivity index (χ2n) is 15.3. The molecule has 1 aromatic heterocycles. The Morgan fingerprint density at radius 2 is 1.88 bits per heavy atom. The van der Waals surface area contributed by atoms with Crippen LogP contribution in [0.15, 0.2) is 36.5 Å². The van der Waals surface area contributed by atoms with E-state index >= 15 is 0 Å². The maximum atomic E-state index is 13.1. The van der Waals surface area contributed by atoms with Crippen molar-refractivity contribution in [3.63, 3.8) is 0 Å². The van der Waals surface area contributed by atoms with Gasteiger partial charge >= 0.3 is 0 Å². The Bertz CT molecular complexity index is 1600. The molecule has 5 rings (SSSR count). The number of ether oxygens (including phenoxy) is 2. The number of nitrogens with zero attached hydrogens (tertiary/aromatic N) is 5. The molecule has 3 heterocycles. The number of likely N-dealkylation sites (tertiary alicyclic amines) is 1. The number of aliphatic hydroxyl groups is 1. The van der Waals surface area contributed by atoms with Crippen LogP contribution in [0.4, 0.5) is 5.82 Å². The van der Waals surface area contributed by atoms with Crippen molar-refractivity contribution in [3.8, 4) is 11.8 Å². The highest BCUT2D eigenvalue weighted by molar-refractivity contribution is 6.31. The third-order valence-electron chi connectivity index (χ3n) is 10.2. The van der Waals surface area contributed by atoms with Crippen LogP contribution in [0.5, 0.6) is 5.75 Å². The monoisotopic (exact) mass is 723 g/mol. The predicted molar refractivity (Wildman–Crippen MR) is 193 cm³/mol. The highest BCUT2D eigenvalue weighted by atomic mass is 35.5. The first kappa shape index (κ1) is 38.3. The summed E-state index contributed by atoms with van der Waals surface area (Å²) in [7, 11) is 0. The summed E-state index contributed by atoms with van der Waals surface area (Å²) in [5.74, 6) is 0.706. The van der Waals surface area contributed by atoms with E-state index in [1.165, 1.54) is 0 Å². The molecular formula is C37H50ClN7O6. The van der Waals surface area contributed by atoms with Gasteiger partial charge in [0, 0.05) is 76.0 Å². The number of hydrogen-bond acceptors (Lipinski definition) is 10. The van der Waals surface area contributed by atoms with Crippen LogP contribution in [0.3, 0.4) is 0 Å². The first-order valence-corrected chi connectivity index (χ1v) is 18.0. The topological polar surface area (TPSA) is 160 Å². The van der Waals surface area contributed by atoms with Crippen molar-refractivity contribution in [1.29, 1.82) is 5.26 Å². The summed E-state index contributed by atoms with van der Waals surface area (Å²) >= 11 is 6.16. The number of piperazine rings is 1. The van der Waals surface area contributed by atoms with Crippen molar-refractivity contribution in [2.45, 2.75) is 71.8 Å². The van der Waals surface area contributed by atoms with Crippen LogP contribution in [0.2, 0.25) is 5.02 Å². The molecule has 0 bridgehead atoms. The van der Waals surface area contributed by atoms with Crippen molar-refractivity contribution >= 4 is 35.1 Å². The molecule has 0 radical (unpaired) electrons. The molecule has 4 atom stereocenters. The van der Waals surface area contributed by atoms with Gasteiger partial charge in [0.1, 0.15) is 36.4 Å². The highest BCUT2D eigenvalue weighted by Gasteiger charge is 2.51. The number of nitriles is 1. The molecule has 0 spiro atoms. The van der Waals surface area contributed by atoms with Crippen LogP contribution in [-0.4, -0.2) is 121 Å². The first-order chi connectivity index (χ1) is 24.1. The number of benzene rings is 1. The maximum absolute atomic E-state index is 13.1. The summed E-state index contributed by atoms with van der Waals surface area (Å²) in [4.78, 5) is 49.5. The molecule has 1 aliphatic carbocycles. The average molecular weight is 724 g/mol. The fraction of sp³-hybridized carbons (Fsp3) is 0.595. The molecule has 1 aromatic carbocycles. The SMILES string of the molecule is CC(C)(C)[C@H](NC(=O)COCCN1CCN(c2ccc(C(=O)N[C@H]3CC(Oc4ccc(C#N)c(Cl)c4)C3(C)C)cn2)CC1)C(=O)N1CC[C@@H](O)C1. The quantitative estimate of drug-likeness (QED) is 0.278. The largest absolute Gasteiger partial charge is 0.490 e.